The lowest BCUT2D eigenvalue weighted by Gasteiger charge is -2.26. The summed E-state index contributed by atoms with van der Waals surface area (Å²) in [7, 11) is 2.04. The fourth-order valence-electron chi connectivity index (χ4n) is 9.48. The smallest absolute Gasteiger partial charge is 0.304 e. The maximum atomic E-state index is 14.8. The van der Waals surface area contributed by atoms with Crippen molar-refractivity contribution in [1.29, 1.82) is 0 Å². The number of carboxylic acid groups (broad SMARTS) is 1. The number of halogens is 1. The van der Waals surface area contributed by atoms with E-state index >= 15 is 0 Å². The number of hydrogen-bond acceptors (Lipinski definition) is 21. The van der Waals surface area contributed by atoms with Crippen LogP contribution in [0.5, 0.6) is 0 Å². The number of ether oxygens (including phenoxy) is 4. The second-order valence-corrected chi connectivity index (χ2v) is 26.8. The van der Waals surface area contributed by atoms with Gasteiger partial charge in [-0.1, -0.05) is 58.0 Å². The number of amides is 8. The van der Waals surface area contributed by atoms with E-state index in [2.05, 4.69) is 64.8 Å². The summed E-state index contributed by atoms with van der Waals surface area (Å²) in [5.41, 5.74) is 17.1. The topological polar surface area (TPSA) is 454 Å². The zero-order valence-electron chi connectivity index (χ0n) is 52.2. The van der Waals surface area contributed by atoms with Gasteiger partial charge in [-0.25, -0.2) is 0 Å². The number of carbonyl (C=O) groups is 13. The van der Waals surface area contributed by atoms with E-state index in [4.69, 9.17) is 36.1 Å². The molecule has 518 valence electrons. The molecule has 2 saturated heterocycles. The molecule has 4 rings (SSSR count). The molecule has 2 heterocycles. The Morgan fingerprint density at radius 3 is 1.97 bits per heavy atom. The van der Waals surface area contributed by atoms with Gasteiger partial charge in [0.2, 0.25) is 41.4 Å². The third-order valence-corrected chi connectivity index (χ3v) is 18.5. The summed E-state index contributed by atoms with van der Waals surface area (Å²) in [5.74, 6) is -14.1. The molecule has 2 aromatic rings. The van der Waals surface area contributed by atoms with Crippen molar-refractivity contribution in [3.05, 3.63) is 69.3 Å². The monoisotopic (exact) mass is 1480 g/mol. The number of ketones is 4. The van der Waals surface area contributed by atoms with Gasteiger partial charge >= 0.3 is 5.97 Å². The van der Waals surface area contributed by atoms with Gasteiger partial charge in [-0.15, -0.1) is 11.8 Å². The molecule has 2 bridgehead atoms. The predicted molar refractivity (Wildman–Crippen MR) is 360 cm³/mol. The minimum absolute atomic E-state index is 0.0187. The number of carboxylic acids is 1. The second-order valence-electron chi connectivity index (χ2n) is 22.0. The number of hydrogen-bond donors (Lipinski definition) is 11. The number of nitrogens with two attached hydrogens (primary N) is 3. The highest BCUT2D eigenvalue weighted by Gasteiger charge is 2.36. The quantitative estimate of drug-likeness (QED) is 0.0150. The predicted octanol–water partition coefficient (Wildman–Crippen LogP) is -0.0971. The van der Waals surface area contributed by atoms with E-state index in [-0.39, 0.29) is 152 Å². The van der Waals surface area contributed by atoms with Gasteiger partial charge in [-0.2, -0.15) is 0 Å². The highest BCUT2D eigenvalue weighted by molar-refractivity contribution is 14.1. The molecular weight excluding hydrogens is 1390 g/mol. The van der Waals surface area contributed by atoms with Crippen molar-refractivity contribution in [3.63, 3.8) is 0 Å². The third kappa shape index (κ3) is 33.6. The van der Waals surface area contributed by atoms with Gasteiger partial charge in [0.05, 0.1) is 75.8 Å². The van der Waals surface area contributed by atoms with Crippen LogP contribution in [0.25, 0.3) is 0 Å². The van der Waals surface area contributed by atoms with Crippen LogP contribution in [0, 0.1) is 21.3 Å². The molecule has 0 unspecified atom stereocenters. The fourth-order valence-corrected chi connectivity index (χ4v) is 13.3. The summed E-state index contributed by atoms with van der Waals surface area (Å²) in [4.78, 5) is 180. The van der Waals surface area contributed by atoms with Crippen molar-refractivity contribution in [1.82, 2.24) is 37.2 Å². The van der Waals surface area contributed by atoms with Gasteiger partial charge in [0.25, 0.3) is 5.91 Å². The van der Waals surface area contributed by atoms with Crippen LogP contribution < -0.4 is 54.4 Å². The Hall–Kier alpha value is -6.76. The van der Waals surface area contributed by atoms with Gasteiger partial charge in [0.15, 0.2) is 29.1 Å². The molecule has 2 aliphatic heterocycles. The number of rotatable bonds is 32. The highest BCUT2D eigenvalue weighted by atomic mass is 123. The van der Waals surface area contributed by atoms with Crippen LogP contribution >= 0.6 is 55.9 Å². The number of Topliss-reactive ketones (excluding diaryl/α,β-unsaturated/α-hetero) is 4. The largest absolute Gasteiger partial charge is 0.481 e. The number of nitrogens with zero attached hydrogens (tertiary/aromatic N) is 1. The zero-order chi connectivity index (χ0) is 68.6. The minimum Gasteiger partial charge on any atom is -0.481 e. The van der Waals surface area contributed by atoms with Crippen LogP contribution in [0.2, 0.25) is 0 Å². The van der Waals surface area contributed by atoms with E-state index < -0.39 is 145 Å². The van der Waals surface area contributed by atoms with Crippen molar-refractivity contribution in [2.24, 2.45) is 39.9 Å². The average molecular weight is 1480 g/mol. The van der Waals surface area contributed by atoms with Crippen molar-refractivity contribution >= 4 is 138 Å². The lowest BCUT2D eigenvalue weighted by atomic mass is 9.90. The number of aliphatic carboxylic acids is 1. The molecule has 33 heteroatoms. The van der Waals surface area contributed by atoms with E-state index in [1.54, 1.807) is 48.5 Å². The summed E-state index contributed by atoms with van der Waals surface area (Å²) < 4.78 is 22.4. The minimum atomic E-state index is -1.52. The van der Waals surface area contributed by atoms with Crippen LogP contribution in [0.15, 0.2) is 59.6 Å². The summed E-state index contributed by atoms with van der Waals surface area (Å²) in [6.45, 7) is 0.199. The van der Waals surface area contributed by atoms with Crippen molar-refractivity contribution in [2.45, 2.75) is 101 Å². The SMILES string of the molecule is NC(=O)COCC(=O)NCCOCCOCCOCCCC(=O)[C@@H]1CSCC(=O)N[C@@H](CCCCNC(=O)c2cccc([123I])c2)C(=O)N[C@H]2CSSC[C@H](NC(=O)[C@H](CC(=O)O)CC(=O)CNC(=O)[C@H](CCCN=C(N)N)CC2=O)C(=O)C[C@@H](Cc2ccccc2)C(=O)N1. The molecule has 2 aliphatic rings. The van der Waals surface area contributed by atoms with Crippen LogP contribution in [-0.4, -0.2) is 214 Å². The van der Waals surface area contributed by atoms with Crippen molar-refractivity contribution in [2.75, 3.05) is 102 Å². The first kappa shape index (κ1) is 79.7. The summed E-state index contributed by atoms with van der Waals surface area (Å²) in [5, 5.41) is 28.9. The maximum absolute atomic E-state index is 14.8. The number of guanidine groups is 1. The Bertz CT molecular complexity index is 2900. The standard InChI is InChI=1S/C61H86IN11O18S3/c62-43-13-6-11-39(26-43)56(83)67-16-5-4-14-45-60(87)73-48-36-94-93-35-47(72-59(86)42(30-55(81)82)27-44(74)31-69-57(84)40(28-50(48)76)12-7-17-68-61(64)65)51(77)29-41(25-38-9-2-1-3-10-38)58(85)71-46(34-92-37-54(80)70-45)49(75)15-8-19-88-21-23-90-24-22-89-20-18-66-53(79)33-91-32-52(63)78/h1-3,6,9-11,13,26,40-42,45-48H,4-5,7-8,12,14-25,27-37H2,(H2,63,78)(H,66,79)(H,67,83)(H,69,84)(H,70,80)(H,71,85)(H,72,86)(H,73,87)(H,81,82)(H4,64,65,68)/t40-,41-,42+,45+,46+,47+,48+/m1/s1/i62-4. The molecule has 2 fully saturated rings. The lowest BCUT2D eigenvalue weighted by molar-refractivity contribution is -0.142. The molecule has 0 saturated carbocycles. The molecule has 94 heavy (non-hydrogen) atoms. The van der Waals surface area contributed by atoms with Gasteiger partial charge in [-0.3, -0.25) is 67.3 Å². The molecule has 0 aliphatic carbocycles. The Morgan fingerprint density at radius 2 is 1.30 bits per heavy atom. The summed E-state index contributed by atoms with van der Waals surface area (Å²) >= 11 is 3.08. The Labute approximate surface area is 571 Å². The Balaban J connectivity index is 1.63. The number of benzene rings is 2. The Kier molecular flexibility index (Phi) is 38.6. The summed E-state index contributed by atoms with van der Waals surface area (Å²) in [6, 6.07) is 10.4. The van der Waals surface area contributed by atoms with Crippen LogP contribution in [0.3, 0.4) is 0 Å². The van der Waals surface area contributed by atoms with E-state index in [9.17, 15) is 67.4 Å². The molecule has 0 aromatic heterocycles. The van der Waals surface area contributed by atoms with Gasteiger partial charge in [-0.05, 0) is 91.3 Å². The van der Waals surface area contributed by atoms with E-state index in [0.29, 0.717) is 17.5 Å². The first-order valence-electron chi connectivity index (χ1n) is 30.7. The van der Waals surface area contributed by atoms with E-state index in [0.717, 1.165) is 36.9 Å². The number of aliphatic imine (C=N–C) groups is 1. The molecule has 0 radical (unpaired) electrons. The number of thioether (sulfide) groups is 1. The molecule has 2 aromatic carbocycles. The summed E-state index contributed by atoms with van der Waals surface area (Å²) in [6.07, 6.45) is -1.49. The van der Waals surface area contributed by atoms with E-state index in [1.807, 2.05) is 6.07 Å². The first-order chi connectivity index (χ1) is 45.1. The lowest BCUT2D eigenvalue weighted by Crippen LogP contribution is -2.53. The number of primary amides is 1. The molecule has 14 N–H and O–H groups in total. The van der Waals surface area contributed by atoms with Gasteiger partial charge in [0, 0.05) is 90.2 Å². The van der Waals surface area contributed by atoms with Crippen LogP contribution in [-0.2, 0) is 82.9 Å². The van der Waals surface area contributed by atoms with Gasteiger partial charge < -0.3 is 78.5 Å². The highest BCUT2D eigenvalue weighted by Crippen LogP contribution is 2.27. The van der Waals surface area contributed by atoms with Gasteiger partial charge in [0.1, 0.15) is 19.3 Å². The Morgan fingerprint density at radius 1 is 0.638 bits per heavy atom. The molecule has 8 amide bonds. The molecule has 29 nitrogen and oxygen atoms in total. The molecule has 0 spiro atoms. The number of nitrogens with one attached hydrogen (secondary N) is 7. The second kappa shape index (κ2) is 45.6. The number of fused-ring (bicyclic) bond motifs is 5. The van der Waals surface area contributed by atoms with Crippen molar-refractivity contribution in [3.8, 4) is 0 Å². The van der Waals surface area contributed by atoms with Crippen LogP contribution in [0.1, 0.15) is 86.6 Å². The molecular formula is C61H86IN11O18S3. The first-order valence-corrected chi connectivity index (χ1v) is 35.4. The third-order valence-electron chi connectivity index (χ3n) is 14.3. The maximum Gasteiger partial charge on any atom is 0.304 e. The normalized spacial score (nSPS) is 21.0. The van der Waals surface area contributed by atoms with E-state index in [1.165, 1.54) is 0 Å². The van der Waals surface area contributed by atoms with Crippen LogP contribution in [0.4, 0.5) is 0 Å². The zero-order valence-corrected chi connectivity index (χ0v) is 56.8. The number of carbonyl (C=O) groups excluding carboxylic acids is 12. The number of unbranched alkanes of at least 4 members (excludes halogenated alkanes) is 1. The average Bonchev–Trinajstić information content (AvgIpc) is 1.04. The molecule has 7 atom stereocenters. The van der Waals surface area contributed by atoms with Crippen molar-refractivity contribution < 1.29 is 86.4 Å². The fraction of sp³-hybridized carbons (Fsp3) is 0.574.